The van der Waals surface area contributed by atoms with Gasteiger partial charge in [-0.15, -0.1) is 0 Å². The van der Waals surface area contributed by atoms with Gasteiger partial charge in [0, 0.05) is 29.7 Å². The molecule has 1 heterocycles. The van der Waals surface area contributed by atoms with Gasteiger partial charge < -0.3 is 14.8 Å². The van der Waals surface area contributed by atoms with Crippen LogP contribution in [-0.2, 0) is 6.42 Å². The highest BCUT2D eigenvalue weighted by atomic mass is 19.1. The van der Waals surface area contributed by atoms with Crippen LogP contribution in [-0.4, -0.2) is 30.6 Å². The van der Waals surface area contributed by atoms with E-state index in [-0.39, 0.29) is 0 Å². The first-order chi connectivity index (χ1) is 11.7. The highest BCUT2D eigenvalue weighted by molar-refractivity contribution is 5.80. The number of aromatic nitrogens is 2. The van der Waals surface area contributed by atoms with Crippen molar-refractivity contribution < 1.29 is 13.9 Å². The lowest BCUT2D eigenvalue weighted by molar-refractivity contribution is 0.355. The molecule has 124 valence electrons. The third kappa shape index (κ3) is 2.35. The maximum Gasteiger partial charge on any atom is 0.161 e. The van der Waals surface area contributed by atoms with Crippen molar-refractivity contribution in [2.45, 2.75) is 19.0 Å². The first-order valence-corrected chi connectivity index (χ1v) is 7.80. The Morgan fingerprint density at radius 3 is 2.79 bits per heavy atom. The Morgan fingerprint density at radius 1 is 1.25 bits per heavy atom. The third-order valence-corrected chi connectivity index (χ3v) is 4.42. The summed E-state index contributed by atoms with van der Waals surface area (Å²) in [6.45, 7) is 0. The molecule has 0 spiro atoms. The number of nitrogens with one attached hydrogen (secondary N) is 2. The summed E-state index contributed by atoms with van der Waals surface area (Å²) in [5, 5.41) is 10.7. The second-order valence-electron chi connectivity index (χ2n) is 5.89. The number of H-pyrrole nitrogens is 1. The molecule has 2 aliphatic carbocycles. The summed E-state index contributed by atoms with van der Waals surface area (Å²) in [5.41, 5.74) is 5.08. The van der Waals surface area contributed by atoms with Gasteiger partial charge >= 0.3 is 0 Å². The lowest BCUT2D eigenvalue weighted by Gasteiger charge is -2.13. The third-order valence-electron chi connectivity index (χ3n) is 4.42. The molecule has 1 aromatic heterocycles. The molecule has 24 heavy (non-hydrogen) atoms. The Bertz CT molecular complexity index is 854. The summed E-state index contributed by atoms with van der Waals surface area (Å²) in [6, 6.07) is 3.95. The van der Waals surface area contributed by atoms with Crippen molar-refractivity contribution in [3.05, 3.63) is 47.2 Å². The lowest BCUT2D eigenvalue weighted by atomic mass is 10.1. The van der Waals surface area contributed by atoms with Crippen molar-refractivity contribution in [3.63, 3.8) is 0 Å². The Balaban J connectivity index is 1.67. The van der Waals surface area contributed by atoms with Crippen LogP contribution in [0, 0.1) is 0 Å². The number of fused-ring (bicyclic) bond motifs is 3. The van der Waals surface area contributed by atoms with Gasteiger partial charge in [0.15, 0.2) is 17.3 Å². The number of alkyl halides is 1. The number of hydrogen-bond donors (Lipinski definition) is 2. The van der Waals surface area contributed by atoms with Crippen LogP contribution in [0.3, 0.4) is 0 Å². The highest BCUT2D eigenvalue weighted by Crippen LogP contribution is 2.44. The van der Waals surface area contributed by atoms with E-state index < -0.39 is 6.17 Å². The first-order valence-electron chi connectivity index (χ1n) is 7.80. The van der Waals surface area contributed by atoms with Crippen LogP contribution in [0.2, 0.25) is 0 Å². The van der Waals surface area contributed by atoms with Crippen LogP contribution in [0.1, 0.15) is 17.5 Å². The van der Waals surface area contributed by atoms with E-state index in [0.29, 0.717) is 17.9 Å². The van der Waals surface area contributed by atoms with Crippen LogP contribution >= 0.6 is 0 Å². The number of benzene rings is 1. The number of halogens is 1. The number of allylic oxidation sites excluding steroid dienone is 4. The zero-order valence-electron chi connectivity index (χ0n) is 13.5. The number of hydrogen-bond acceptors (Lipinski definition) is 4. The second-order valence-corrected chi connectivity index (χ2v) is 5.89. The van der Waals surface area contributed by atoms with Crippen LogP contribution in [0.25, 0.3) is 11.3 Å². The fraction of sp³-hybridized carbons (Fsp3) is 0.278. The topological polar surface area (TPSA) is 59.2 Å². The Labute approximate surface area is 139 Å². The minimum absolute atomic E-state index is 0.340. The quantitative estimate of drug-likeness (QED) is 0.769. The van der Waals surface area contributed by atoms with E-state index in [4.69, 9.17) is 9.47 Å². The van der Waals surface area contributed by atoms with E-state index in [1.807, 2.05) is 18.2 Å². The number of nitrogens with zero attached hydrogens (tertiary/aromatic N) is 1. The molecule has 2 aliphatic rings. The Kier molecular flexibility index (Phi) is 3.52. The first kappa shape index (κ1) is 14.8. The van der Waals surface area contributed by atoms with Gasteiger partial charge in [-0.25, -0.2) is 4.39 Å². The van der Waals surface area contributed by atoms with Crippen molar-refractivity contribution in [1.29, 1.82) is 0 Å². The zero-order chi connectivity index (χ0) is 16.7. The average molecular weight is 327 g/mol. The van der Waals surface area contributed by atoms with Crippen molar-refractivity contribution >= 4 is 5.82 Å². The van der Waals surface area contributed by atoms with Crippen molar-refractivity contribution in [3.8, 4) is 22.8 Å². The van der Waals surface area contributed by atoms with E-state index >= 15 is 0 Å². The smallest absolute Gasteiger partial charge is 0.161 e. The summed E-state index contributed by atoms with van der Waals surface area (Å²) in [7, 11) is 3.25. The highest BCUT2D eigenvalue weighted by Gasteiger charge is 2.27. The molecular formula is C18H18FN3O2. The molecule has 6 heteroatoms. The fourth-order valence-electron chi connectivity index (χ4n) is 3.24. The molecule has 0 bridgehead atoms. The summed E-state index contributed by atoms with van der Waals surface area (Å²) in [6.07, 6.45) is 5.29. The number of aromatic amines is 1. The maximum atomic E-state index is 13.5. The van der Waals surface area contributed by atoms with Crippen LogP contribution in [0.5, 0.6) is 11.5 Å². The van der Waals surface area contributed by atoms with Crippen molar-refractivity contribution in [1.82, 2.24) is 10.2 Å². The summed E-state index contributed by atoms with van der Waals surface area (Å²) in [4.78, 5) is 0. The van der Waals surface area contributed by atoms with E-state index in [1.54, 1.807) is 26.4 Å². The zero-order valence-corrected chi connectivity index (χ0v) is 13.5. The molecular weight excluding hydrogens is 309 g/mol. The van der Waals surface area contributed by atoms with Crippen LogP contribution in [0.15, 0.2) is 36.1 Å². The summed E-state index contributed by atoms with van der Waals surface area (Å²) < 4.78 is 24.3. The molecule has 1 atom stereocenters. The lowest BCUT2D eigenvalue weighted by Crippen LogP contribution is -2.09. The molecule has 2 aromatic rings. The molecule has 0 saturated carbocycles. The van der Waals surface area contributed by atoms with Crippen molar-refractivity contribution in [2.24, 2.45) is 0 Å². The molecule has 1 unspecified atom stereocenters. The molecule has 0 amide bonds. The minimum Gasteiger partial charge on any atom is -0.493 e. The number of methoxy groups -OCH3 is 2. The number of rotatable bonds is 4. The van der Waals surface area contributed by atoms with E-state index in [0.717, 1.165) is 40.3 Å². The van der Waals surface area contributed by atoms with E-state index in [2.05, 4.69) is 15.5 Å². The van der Waals surface area contributed by atoms with Gasteiger partial charge in [0.05, 0.1) is 19.9 Å². The molecule has 2 N–H and O–H groups in total. The van der Waals surface area contributed by atoms with Gasteiger partial charge in [0.25, 0.3) is 0 Å². The average Bonchev–Trinajstić information content (AvgIpc) is 3.13. The normalized spacial score (nSPS) is 18.0. The van der Waals surface area contributed by atoms with Gasteiger partial charge in [0.2, 0.25) is 0 Å². The van der Waals surface area contributed by atoms with Gasteiger partial charge in [0.1, 0.15) is 6.17 Å². The monoisotopic (exact) mass is 327 g/mol. The Hall–Kier alpha value is -2.76. The Morgan fingerprint density at radius 2 is 2.04 bits per heavy atom. The number of anilines is 1. The van der Waals surface area contributed by atoms with E-state index in [1.165, 1.54) is 0 Å². The van der Waals surface area contributed by atoms with Crippen molar-refractivity contribution in [2.75, 3.05) is 19.5 Å². The van der Waals surface area contributed by atoms with Crippen LogP contribution < -0.4 is 14.8 Å². The van der Waals surface area contributed by atoms with Gasteiger partial charge in [-0.05, 0) is 23.8 Å². The SMILES string of the molecule is COc1cc2c(cc1OC)-c1[nH]nc(NC3=CC=CC(F)C3)c1C2. The van der Waals surface area contributed by atoms with Crippen LogP contribution in [0.4, 0.5) is 10.2 Å². The maximum absolute atomic E-state index is 13.5. The molecule has 1 aromatic carbocycles. The fourth-order valence-corrected chi connectivity index (χ4v) is 3.24. The van der Waals surface area contributed by atoms with Gasteiger partial charge in [-0.3, -0.25) is 5.10 Å². The molecule has 0 saturated heterocycles. The van der Waals surface area contributed by atoms with Gasteiger partial charge in [-0.1, -0.05) is 12.2 Å². The second kappa shape index (κ2) is 5.70. The molecule has 0 radical (unpaired) electrons. The summed E-state index contributed by atoms with van der Waals surface area (Å²) >= 11 is 0. The molecule has 4 rings (SSSR count). The number of ether oxygens (including phenoxy) is 2. The minimum atomic E-state index is -0.949. The molecule has 5 nitrogen and oxygen atoms in total. The predicted molar refractivity (Wildman–Crippen MR) is 90.3 cm³/mol. The largest absolute Gasteiger partial charge is 0.493 e. The molecule has 0 fully saturated rings. The predicted octanol–water partition coefficient (Wildman–Crippen LogP) is 3.59. The summed E-state index contributed by atoms with van der Waals surface area (Å²) in [5.74, 6) is 2.14. The molecule has 0 aliphatic heterocycles. The standard InChI is InChI=1S/C18H18FN3O2/c1-23-15-7-10-6-14-17(13(10)9-16(15)24-2)21-22-18(14)20-12-5-3-4-11(19)8-12/h3-5,7,9,11H,6,8H2,1-2H3,(H2,20,21,22). The van der Waals surface area contributed by atoms with E-state index in [9.17, 15) is 4.39 Å². The van der Waals surface area contributed by atoms with Gasteiger partial charge in [-0.2, -0.15) is 5.10 Å².